The zero-order valence-electron chi connectivity index (χ0n) is 13.1. The Morgan fingerprint density at radius 3 is 2.62 bits per heavy atom. The number of fused-ring (bicyclic) bond motifs is 1. The summed E-state index contributed by atoms with van der Waals surface area (Å²) in [7, 11) is -3.84. The molecule has 3 aliphatic rings. The highest BCUT2D eigenvalue weighted by Crippen LogP contribution is 2.39. The van der Waals surface area contributed by atoms with Gasteiger partial charge in [0.2, 0.25) is 0 Å². The number of carbonyl (C=O) groups excluding carboxylic acids is 2. The standard InChI is InChI=1S/C16H19N3O4S/c17-11-2-1-7-18(9-11)15(20)10-3-6-13-14(8-10)24(22,23)19(16(13)21)12-4-5-12/h3,6,8,11-12H,1-2,4-5,7,9,17H2/t11-/m0/s1. The second kappa shape index (κ2) is 5.29. The second-order valence-corrected chi connectivity index (χ2v) is 8.48. The number of nitrogens with zero attached hydrogens (tertiary/aromatic N) is 2. The number of sulfonamides is 1. The van der Waals surface area contributed by atoms with E-state index in [0.717, 1.165) is 17.1 Å². The van der Waals surface area contributed by atoms with Gasteiger partial charge in [0.25, 0.3) is 21.8 Å². The van der Waals surface area contributed by atoms with Crippen LogP contribution in [0.1, 0.15) is 46.4 Å². The lowest BCUT2D eigenvalue weighted by Crippen LogP contribution is -2.45. The first-order valence-corrected chi connectivity index (χ1v) is 9.61. The number of piperidine rings is 1. The Kier molecular flexibility index (Phi) is 3.43. The summed E-state index contributed by atoms with van der Waals surface area (Å²) < 4.78 is 26.3. The fourth-order valence-corrected chi connectivity index (χ4v) is 5.27. The smallest absolute Gasteiger partial charge is 0.269 e. The molecule has 7 nitrogen and oxygen atoms in total. The zero-order chi connectivity index (χ0) is 17.1. The first-order chi connectivity index (χ1) is 11.4. The van der Waals surface area contributed by atoms with Gasteiger partial charge in [-0.2, -0.15) is 0 Å². The van der Waals surface area contributed by atoms with Crippen molar-refractivity contribution in [2.75, 3.05) is 13.1 Å². The predicted molar refractivity (Wildman–Crippen MR) is 85.9 cm³/mol. The largest absolute Gasteiger partial charge is 0.337 e. The molecule has 1 aromatic rings. The molecule has 2 aliphatic heterocycles. The van der Waals surface area contributed by atoms with Crippen molar-refractivity contribution in [3.8, 4) is 0 Å². The lowest BCUT2D eigenvalue weighted by atomic mass is 10.0. The molecule has 0 aromatic heterocycles. The lowest BCUT2D eigenvalue weighted by molar-refractivity contribution is 0.0708. The third-order valence-corrected chi connectivity index (χ3v) is 6.70. The summed E-state index contributed by atoms with van der Waals surface area (Å²) in [5.41, 5.74) is 6.36. The van der Waals surface area contributed by atoms with Crippen molar-refractivity contribution >= 4 is 21.8 Å². The Morgan fingerprint density at radius 1 is 1.21 bits per heavy atom. The topological polar surface area (TPSA) is 101 Å². The van der Waals surface area contributed by atoms with Gasteiger partial charge in [-0.1, -0.05) is 0 Å². The Labute approximate surface area is 140 Å². The molecule has 1 aromatic carbocycles. The van der Waals surface area contributed by atoms with Crippen LogP contribution in [0.25, 0.3) is 0 Å². The van der Waals surface area contributed by atoms with Gasteiger partial charge < -0.3 is 10.6 Å². The number of nitrogens with two attached hydrogens (primary N) is 1. The van der Waals surface area contributed by atoms with Gasteiger partial charge in [-0.15, -0.1) is 0 Å². The first kappa shape index (κ1) is 15.6. The van der Waals surface area contributed by atoms with Crippen molar-refractivity contribution in [3.05, 3.63) is 29.3 Å². The second-order valence-electron chi connectivity index (χ2n) is 6.70. The Bertz CT molecular complexity index is 832. The molecule has 0 unspecified atom stereocenters. The van der Waals surface area contributed by atoms with Crippen molar-refractivity contribution in [3.63, 3.8) is 0 Å². The van der Waals surface area contributed by atoms with Crippen LogP contribution < -0.4 is 5.73 Å². The van der Waals surface area contributed by atoms with Crippen LogP contribution >= 0.6 is 0 Å². The molecule has 0 spiro atoms. The molecule has 4 rings (SSSR count). The molecular weight excluding hydrogens is 330 g/mol. The zero-order valence-corrected chi connectivity index (χ0v) is 14.0. The number of amides is 2. The maximum atomic E-state index is 12.6. The van der Waals surface area contributed by atoms with Gasteiger partial charge >= 0.3 is 0 Å². The molecule has 8 heteroatoms. The van der Waals surface area contributed by atoms with E-state index in [2.05, 4.69) is 0 Å². The van der Waals surface area contributed by atoms with Crippen LogP contribution in [0.15, 0.2) is 23.1 Å². The van der Waals surface area contributed by atoms with E-state index in [0.29, 0.717) is 25.9 Å². The van der Waals surface area contributed by atoms with Crippen LogP contribution in [-0.2, 0) is 10.0 Å². The summed E-state index contributed by atoms with van der Waals surface area (Å²) in [5.74, 6) is -0.716. The average molecular weight is 349 g/mol. The number of hydrogen-bond acceptors (Lipinski definition) is 5. The number of carbonyl (C=O) groups is 2. The van der Waals surface area contributed by atoms with Crippen LogP contribution in [0.3, 0.4) is 0 Å². The molecule has 1 atom stereocenters. The number of hydrogen-bond donors (Lipinski definition) is 1. The summed E-state index contributed by atoms with van der Waals surface area (Å²) in [6.07, 6.45) is 3.13. The van der Waals surface area contributed by atoms with Crippen LogP contribution in [0.4, 0.5) is 0 Å². The molecule has 2 N–H and O–H groups in total. The Hall–Kier alpha value is -1.93. The van der Waals surface area contributed by atoms with Gasteiger partial charge in [0.15, 0.2) is 0 Å². The molecular formula is C16H19N3O4S. The van der Waals surface area contributed by atoms with E-state index in [9.17, 15) is 18.0 Å². The van der Waals surface area contributed by atoms with E-state index in [1.807, 2.05) is 0 Å². The van der Waals surface area contributed by atoms with Crippen molar-refractivity contribution < 1.29 is 18.0 Å². The van der Waals surface area contributed by atoms with Crippen LogP contribution in [0, 0.1) is 0 Å². The highest BCUT2D eigenvalue weighted by molar-refractivity contribution is 7.90. The van der Waals surface area contributed by atoms with Gasteiger partial charge in [-0.05, 0) is 43.9 Å². The van der Waals surface area contributed by atoms with E-state index in [4.69, 9.17) is 5.73 Å². The van der Waals surface area contributed by atoms with E-state index in [-0.39, 0.29) is 34.0 Å². The summed E-state index contributed by atoms with van der Waals surface area (Å²) in [6.45, 7) is 1.08. The van der Waals surface area contributed by atoms with E-state index in [1.54, 1.807) is 4.90 Å². The maximum absolute atomic E-state index is 12.6. The SMILES string of the molecule is N[C@H]1CCCN(C(=O)c2ccc3c(c2)S(=O)(=O)N(C2CC2)C3=O)C1. The fraction of sp³-hybridized carbons (Fsp3) is 0.500. The fourth-order valence-electron chi connectivity index (χ4n) is 3.43. The normalized spacial score (nSPS) is 25.7. The predicted octanol–water partition coefficient (Wildman–Crippen LogP) is 0.557. The number of rotatable bonds is 2. The molecule has 24 heavy (non-hydrogen) atoms. The van der Waals surface area contributed by atoms with E-state index in [1.165, 1.54) is 18.2 Å². The van der Waals surface area contributed by atoms with Gasteiger partial charge in [0.1, 0.15) is 4.90 Å². The van der Waals surface area contributed by atoms with Gasteiger partial charge in [0.05, 0.1) is 5.56 Å². The monoisotopic (exact) mass is 349 g/mol. The summed E-state index contributed by atoms with van der Waals surface area (Å²) >= 11 is 0. The molecule has 128 valence electrons. The molecule has 1 saturated heterocycles. The van der Waals surface area contributed by atoms with Crippen molar-refractivity contribution in [1.29, 1.82) is 0 Å². The highest BCUT2D eigenvalue weighted by atomic mass is 32.2. The molecule has 1 saturated carbocycles. The first-order valence-electron chi connectivity index (χ1n) is 8.17. The molecule has 0 radical (unpaired) electrons. The van der Waals surface area contributed by atoms with Crippen LogP contribution in [0.2, 0.25) is 0 Å². The molecule has 2 heterocycles. The van der Waals surface area contributed by atoms with Crippen molar-refractivity contribution in [1.82, 2.24) is 9.21 Å². The lowest BCUT2D eigenvalue weighted by Gasteiger charge is -2.30. The summed E-state index contributed by atoms with van der Waals surface area (Å²) in [4.78, 5) is 26.6. The summed E-state index contributed by atoms with van der Waals surface area (Å²) in [6, 6.07) is 4.05. The Balaban J connectivity index is 1.68. The van der Waals surface area contributed by atoms with Crippen molar-refractivity contribution in [2.45, 2.75) is 42.7 Å². The van der Waals surface area contributed by atoms with E-state index >= 15 is 0 Å². The van der Waals surface area contributed by atoms with Crippen LogP contribution in [0.5, 0.6) is 0 Å². The molecule has 1 aliphatic carbocycles. The average Bonchev–Trinajstić information content (AvgIpc) is 3.35. The quantitative estimate of drug-likeness (QED) is 0.841. The number of benzene rings is 1. The van der Waals surface area contributed by atoms with Gasteiger partial charge in [-0.3, -0.25) is 9.59 Å². The Morgan fingerprint density at radius 2 is 1.96 bits per heavy atom. The minimum Gasteiger partial charge on any atom is -0.337 e. The minimum absolute atomic E-state index is 0.0483. The highest BCUT2D eigenvalue weighted by Gasteiger charge is 2.48. The third kappa shape index (κ3) is 2.32. The van der Waals surface area contributed by atoms with Gasteiger partial charge in [-0.25, -0.2) is 12.7 Å². The van der Waals surface area contributed by atoms with Crippen LogP contribution in [-0.4, -0.2) is 54.6 Å². The summed E-state index contributed by atoms with van der Waals surface area (Å²) in [5, 5.41) is 0. The minimum atomic E-state index is -3.84. The maximum Gasteiger partial charge on any atom is 0.269 e. The van der Waals surface area contributed by atoms with E-state index < -0.39 is 15.9 Å². The number of likely N-dealkylation sites (tertiary alicyclic amines) is 1. The molecule has 0 bridgehead atoms. The molecule has 2 amide bonds. The third-order valence-electron chi connectivity index (χ3n) is 4.82. The molecule has 2 fully saturated rings. The van der Waals surface area contributed by atoms with Gasteiger partial charge in [0, 0.05) is 30.7 Å². The van der Waals surface area contributed by atoms with Crippen molar-refractivity contribution in [2.24, 2.45) is 5.73 Å².